The van der Waals surface area contributed by atoms with E-state index in [1.54, 1.807) is 5.06 Å². The van der Waals surface area contributed by atoms with E-state index in [0.717, 1.165) is 12.8 Å². The highest BCUT2D eigenvalue weighted by Gasteiger charge is 2.13. The Bertz CT molecular complexity index is 494. The average Bonchev–Trinajstić information content (AvgIpc) is 3.00. The van der Waals surface area contributed by atoms with Crippen LogP contribution < -0.4 is 0 Å². The molecule has 1 atom stereocenters. The van der Waals surface area contributed by atoms with Crippen molar-refractivity contribution in [1.29, 1.82) is 0 Å². The van der Waals surface area contributed by atoms with Crippen molar-refractivity contribution in [1.82, 2.24) is 5.06 Å². The molecule has 0 spiro atoms. The fraction of sp³-hybridized carbons (Fsp3) is 1.00. The molecule has 0 saturated heterocycles. The van der Waals surface area contributed by atoms with Gasteiger partial charge in [-0.15, -0.1) is 0 Å². The highest BCUT2D eigenvalue weighted by molar-refractivity contribution is 4.52. The van der Waals surface area contributed by atoms with Crippen LogP contribution in [-0.2, 0) is 24.4 Å². The zero-order valence-corrected chi connectivity index (χ0v) is 29.7. The molecule has 0 aliphatic heterocycles. The van der Waals surface area contributed by atoms with Crippen molar-refractivity contribution >= 4 is 0 Å². The third kappa shape index (κ3) is 37.9. The standard InChI is InChI=1S/C37H77NO5/c1-5-7-9-11-13-15-17-19-21-23-25-27-29-31-33-40-42-36-37(35-39-38(3)4)43-41-34-32-30-28-26-24-22-20-18-16-14-12-10-8-6-2/h37H,5-36H2,1-4H3. The van der Waals surface area contributed by atoms with Gasteiger partial charge in [0.1, 0.15) is 19.3 Å². The average molecular weight is 616 g/mol. The first-order chi connectivity index (χ1) is 21.2. The Labute approximate surface area is 269 Å². The van der Waals surface area contributed by atoms with E-state index in [1.807, 2.05) is 14.1 Å². The van der Waals surface area contributed by atoms with Crippen molar-refractivity contribution in [3.05, 3.63) is 0 Å². The van der Waals surface area contributed by atoms with Crippen LogP contribution in [0.5, 0.6) is 0 Å². The summed E-state index contributed by atoms with van der Waals surface area (Å²) < 4.78 is 0. The SMILES string of the molecule is CCCCCCCCCCCCCCCCOOCC(CON(C)C)OOCCCCCCCCCCCCCCCC. The second kappa shape index (κ2) is 37.9. The molecular weight excluding hydrogens is 538 g/mol. The second-order valence-electron chi connectivity index (χ2n) is 12.9. The monoisotopic (exact) mass is 616 g/mol. The quantitative estimate of drug-likeness (QED) is 0.0391. The predicted molar refractivity (Wildman–Crippen MR) is 183 cm³/mol. The van der Waals surface area contributed by atoms with Gasteiger partial charge >= 0.3 is 0 Å². The maximum atomic E-state index is 5.58. The molecule has 43 heavy (non-hydrogen) atoms. The van der Waals surface area contributed by atoms with E-state index in [0.29, 0.717) is 26.4 Å². The maximum absolute atomic E-state index is 5.58. The summed E-state index contributed by atoms with van der Waals surface area (Å²) in [6.07, 6.45) is 37.5. The van der Waals surface area contributed by atoms with Crippen LogP contribution >= 0.6 is 0 Å². The first kappa shape index (κ1) is 42.8. The van der Waals surface area contributed by atoms with E-state index in [-0.39, 0.29) is 6.10 Å². The summed E-state index contributed by atoms with van der Waals surface area (Å²) in [5.74, 6) is 0. The fourth-order valence-corrected chi connectivity index (χ4v) is 5.37. The molecule has 0 saturated carbocycles. The zero-order chi connectivity index (χ0) is 31.3. The van der Waals surface area contributed by atoms with Gasteiger partial charge in [0.05, 0.1) is 13.2 Å². The highest BCUT2D eigenvalue weighted by atomic mass is 17.2. The molecule has 260 valence electrons. The lowest BCUT2D eigenvalue weighted by Gasteiger charge is -2.18. The van der Waals surface area contributed by atoms with Gasteiger partial charge in [0, 0.05) is 14.1 Å². The van der Waals surface area contributed by atoms with Crippen LogP contribution in [0, 0.1) is 0 Å². The van der Waals surface area contributed by atoms with Gasteiger partial charge in [-0.25, -0.2) is 19.6 Å². The van der Waals surface area contributed by atoms with E-state index < -0.39 is 0 Å². The van der Waals surface area contributed by atoms with E-state index in [2.05, 4.69) is 13.8 Å². The summed E-state index contributed by atoms with van der Waals surface area (Å²) in [6, 6.07) is 0. The normalized spacial score (nSPS) is 12.5. The molecule has 0 aliphatic rings. The van der Waals surface area contributed by atoms with Gasteiger partial charge in [-0.1, -0.05) is 181 Å². The molecule has 0 heterocycles. The number of hydrogen-bond donors (Lipinski definition) is 0. The molecule has 6 nitrogen and oxygen atoms in total. The molecule has 0 fully saturated rings. The molecule has 0 N–H and O–H groups in total. The van der Waals surface area contributed by atoms with Crippen LogP contribution in [0.25, 0.3) is 0 Å². The van der Waals surface area contributed by atoms with Crippen molar-refractivity contribution in [3.63, 3.8) is 0 Å². The van der Waals surface area contributed by atoms with Crippen LogP contribution in [0.2, 0.25) is 0 Å². The van der Waals surface area contributed by atoms with Crippen LogP contribution in [0.15, 0.2) is 0 Å². The van der Waals surface area contributed by atoms with Crippen molar-refractivity contribution in [2.45, 2.75) is 200 Å². The lowest BCUT2D eigenvalue weighted by atomic mass is 10.0. The first-order valence-electron chi connectivity index (χ1n) is 19.0. The number of rotatable bonds is 38. The Balaban J connectivity index is 3.53. The summed E-state index contributed by atoms with van der Waals surface area (Å²) >= 11 is 0. The van der Waals surface area contributed by atoms with Crippen LogP contribution in [-0.4, -0.2) is 51.7 Å². The molecule has 1 unspecified atom stereocenters. The van der Waals surface area contributed by atoms with E-state index in [1.165, 1.54) is 167 Å². The highest BCUT2D eigenvalue weighted by Crippen LogP contribution is 2.14. The summed E-state index contributed by atoms with van der Waals surface area (Å²) in [6.45, 7) is 6.47. The molecular formula is C37H77NO5. The molecule has 0 aromatic heterocycles. The van der Waals surface area contributed by atoms with E-state index in [4.69, 9.17) is 24.4 Å². The molecule has 0 amide bonds. The van der Waals surface area contributed by atoms with Gasteiger partial charge in [0.15, 0.2) is 0 Å². The fourth-order valence-electron chi connectivity index (χ4n) is 5.37. The summed E-state index contributed by atoms with van der Waals surface area (Å²) in [4.78, 5) is 27.4. The maximum Gasteiger partial charge on any atom is 0.145 e. The van der Waals surface area contributed by atoms with Gasteiger partial charge in [-0.3, -0.25) is 4.84 Å². The lowest BCUT2D eigenvalue weighted by molar-refractivity contribution is -0.376. The minimum Gasteiger partial charge on any atom is -0.297 e. The molecule has 0 aliphatic carbocycles. The van der Waals surface area contributed by atoms with Gasteiger partial charge in [-0.05, 0) is 12.8 Å². The number of unbranched alkanes of at least 4 members (excludes halogenated alkanes) is 26. The Morgan fingerprint density at radius 3 is 1.05 bits per heavy atom. The molecule has 0 bridgehead atoms. The molecule has 6 heteroatoms. The van der Waals surface area contributed by atoms with Crippen LogP contribution in [0.4, 0.5) is 0 Å². The van der Waals surface area contributed by atoms with Crippen molar-refractivity contribution in [3.8, 4) is 0 Å². The third-order valence-corrected chi connectivity index (χ3v) is 8.22. The second-order valence-corrected chi connectivity index (χ2v) is 12.9. The minimum absolute atomic E-state index is 0.297. The smallest absolute Gasteiger partial charge is 0.145 e. The Hall–Kier alpha value is -0.240. The van der Waals surface area contributed by atoms with Crippen molar-refractivity contribution in [2.24, 2.45) is 0 Å². The largest absolute Gasteiger partial charge is 0.297 e. The lowest BCUT2D eigenvalue weighted by Crippen LogP contribution is -2.29. The van der Waals surface area contributed by atoms with Gasteiger partial charge < -0.3 is 0 Å². The number of nitrogens with zero attached hydrogens (tertiary/aromatic N) is 1. The van der Waals surface area contributed by atoms with Crippen molar-refractivity contribution in [2.75, 3.05) is 40.5 Å². The van der Waals surface area contributed by atoms with E-state index in [9.17, 15) is 0 Å². The van der Waals surface area contributed by atoms with E-state index >= 15 is 0 Å². The molecule has 0 aromatic rings. The van der Waals surface area contributed by atoms with Crippen LogP contribution in [0.1, 0.15) is 194 Å². The Morgan fingerprint density at radius 2 is 0.698 bits per heavy atom. The molecule has 0 radical (unpaired) electrons. The number of hydrogen-bond acceptors (Lipinski definition) is 6. The predicted octanol–water partition coefficient (Wildman–Crippen LogP) is 11.7. The van der Waals surface area contributed by atoms with Gasteiger partial charge in [0.2, 0.25) is 0 Å². The van der Waals surface area contributed by atoms with Crippen molar-refractivity contribution < 1.29 is 24.4 Å². The van der Waals surface area contributed by atoms with Gasteiger partial charge in [-0.2, -0.15) is 5.06 Å². The Kier molecular flexibility index (Phi) is 37.7. The third-order valence-electron chi connectivity index (χ3n) is 8.22. The minimum atomic E-state index is -0.314. The summed E-state index contributed by atoms with van der Waals surface area (Å²) in [7, 11) is 3.72. The number of hydroxylamine groups is 2. The van der Waals surface area contributed by atoms with Crippen LogP contribution in [0.3, 0.4) is 0 Å². The van der Waals surface area contributed by atoms with Gasteiger partial charge in [0.25, 0.3) is 0 Å². The molecule has 0 aromatic carbocycles. The molecule has 0 rings (SSSR count). The topological polar surface area (TPSA) is 49.4 Å². The Morgan fingerprint density at radius 1 is 0.372 bits per heavy atom. The summed E-state index contributed by atoms with van der Waals surface area (Å²) in [5, 5.41) is 1.67. The zero-order valence-electron chi connectivity index (χ0n) is 29.7. The first-order valence-corrected chi connectivity index (χ1v) is 19.0. The summed E-state index contributed by atoms with van der Waals surface area (Å²) in [5.41, 5.74) is 0.